The Bertz CT molecular complexity index is 656. The monoisotopic (exact) mass is 255 g/mol. The number of aromatic nitrogens is 6. The Morgan fingerprint density at radius 1 is 1.11 bits per heavy atom. The van der Waals surface area contributed by atoms with Crippen molar-refractivity contribution in [3.05, 3.63) is 54.4 Å². The number of nitrogens with zero attached hydrogens (tertiary/aromatic N) is 6. The Hall–Kier alpha value is -2.54. The summed E-state index contributed by atoms with van der Waals surface area (Å²) in [5.41, 5.74) is 7.28. The van der Waals surface area contributed by atoms with Crippen molar-refractivity contribution in [2.24, 2.45) is 5.73 Å². The van der Waals surface area contributed by atoms with E-state index in [1.165, 1.54) is 0 Å². The minimum absolute atomic E-state index is 0.380. The molecule has 0 saturated carbocycles. The van der Waals surface area contributed by atoms with Gasteiger partial charge >= 0.3 is 0 Å². The van der Waals surface area contributed by atoms with Gasteiger partial charge in [-0.3, -0.25) is 4.57 Å². The van der Waals surface area contributed by atoms with E-state index in [0.717, 1.165) is 17.2 Å². The third-order valence-corrected chi connectivity index (χ3v) is 2.75. The van der Waals surface area contributed by atoms with Crippen LogP contribution in [0.4, 0.5) is 0 Å². The van der Waals surface area contributed by atoms with Crippen LogP contribution in [-0.2, 0) is 13.1 Å². The highest BCUT2D eigenvalue weighted by molar-refractivity contribution is 5.31. The van der Waals surface area contributed by atoms with Crippen LogP contribution in [0, 0.1) is 0 Å². The average molecular weight is 255 g/mol. The lowest BCUT2D eigenvalue weighted by Gasteiger charge is -2.05. The van der Waals surface area contributed by atoms with Gasteiger partial charge in [0.1, 0.15) is 12.9 Å². The molecule has 0 amide bonds. The molecular formula is C12H13N7. The van der Waals surface area contributed by atoms with Gasteiger partial charge in [-0.05, 0) is 12.1 Å². The first-order valence-corrected chi connectivity index (χ1v) is 5.90. The van der Waals surface area contributed by atoms with Crippen molar-refractivity contribution in [2.75, 3.05) is 0 Å². The van der Waals surface area contributed by atoms with Crippen LogP contribution >= 0.6 is 0 Å². The molecular weight excluding hydrogens is 242 g/mol. The molecule has 0 radical (unpaired) electrons. The van der Waals surface area contributed by atoms with Crippen molar-refractivity contribution >= 4 is 0 Å². The molecule has 0 aliphatic carbocycles. The number of para-hydroxylation sites is 1. The Morgan fingerprint density at radius 3 is 2.68 bits per heavy atom. The molecule has 0 bridgehead atoms. The number of rotatable bonds is 4. The van der Waals surface area contributed by atoms with Gasteiger partial charge in [-0.2, -0.15) is 0 Å². The largest absolute Gasteiger partial charge is 0.325 e. The number of hydrogen-bond donors (Lipinski definition) is 1. The van der Waals surface area contributed by atoms with Crippen molar-refractivity contribution < 1.29 is 0 Å². The average Bonchev–Trinajstić information content (AvgIpc) is 3.09. The summed E-state index contributed by atoms with van der Waals surface area (Å²) in [4.78, 5) is 0. The number of nitrogens with two attached hydrogens (primary N) is 1. The van der Waals surface area contributed by atoms with Crippen LogP contribution in [0.1, 0.15) is 11.5 Å². The van der Waals surface area contributed by atoms with Crippen LogP contribution in [0.5, 0.6) is 0 Å². The quantitative estimate of drug-likeness (QED) is 0.727. The second-order valence-electron chi connectivity index (χ2n) is 4.06. The van der Waals surface area contributed by atoms with Crippen LogP contribution in [0.25, 0.3) is 5.69 Å². The van der Waals surface area contributed by atoms with E-state index in [1.54, 1.807) is 11.0 Å². The van der Waals surface area contributed by atoms with Crippen molar-refractivity contribution in [2.45, 2.75) is 13.1 Å². The topological polar surface area (TPSA) is 87.4 Å². The fourth-order valence-electron chi connectivity index (χ4n) is 1.83. The Balaban J connectivity index is 1.88. The third kappa shape index (κ3) is 2.36. The predicted molar refractivity (Wildman–Crippen MR) is 68.4 cm³/mol. The first kappa shape index (κ1) is 11.5. The molecule has 0 aliphatic rings. The van der Waals surface area contributed by atoms with E-state index in [4.69, 9.17) is 5.73 Å². The maximum absolute atomic E-state index is 5.51. The standard InChI is InChI=1S/C12H13N7/c13-6-10-7-18(17-15-10)8-12-16-14-9-19(12)11-4-2-1-3-5-11/h1-5,7,9H,6,8,13H2. The molecule has 1 aromatic carbocycles. The van der Waals surface area contributed by atoms with Gasteiger partial charge in [-0.1, -0.05) is 23.4 Å². The van der Waals surface area contributed by atoms with Gasteiger partial charge < -0.3 is 5.73 Å². The summed E-state index contributed by atoms with van der Waals surface area (Å²) in [7, 11) is 0. The van der Waals surface area contributed by atoms with Crippen LogP contribution in [0.2, 0.25) is 0 Å². The fourth-order valence-corrected chi connectivity index (χ4v) is 1.83. The molecule has 3 rings (SSSR count). The van der Waals surface area contributed by atoms with Crippen molar-refractivity contribution in [3.8, 4) is 5.69 Å². The molecule has 96 valence electrons. The van der Waals surface area contributed by atoms with Crippen LogP contribution in [-0.4, -0.2) is 29.8 Å². The lowest BCUT2D eigenvalue weighted by atomic mass is 10.3. The SMILES string of the molecule is NCc1cn(Cc2nncn2-c2ccccc2)nn1. The van der Waals surface area contributed by atoms with Crippen molar-refractivity contribution in [1.82, 2.24) is 29.8 Å². The molecule has 2 N–H and O–H groups in total. The molecule has 0 aliphatic heterocycles. The van der Waals surface area contributed by atoms with Gasteiger partial charge in [0.15, 0.2) is 5.82 Å². The van der Waals surface area contributed by atoms with E-state index < -0.39 is 0 Å². The van der Waals surface area contributed by atoms with E-state index in [-0.39, 0.29) is 0 Å². The second-order valence-corrected chi connectivity index (χ2v) is 4.06. The second kappa shape index (κ2) is 4.99. The molecule has 0 atom stereocenters. The predicted octanol–water partition coefficient (Wildman–Crippen LogP) is 0.366. The van der Waals surface area contributed by atoms with E-state index in [0.29, 0.717) is 13.1 Å². The summed E-state index contributed by atoms with van der Waals surface area (Å²) >= 11 is 0. The molecule has 0 spiro atoms. The maximum atomic E-state index is 5.51. The summed E-state index contributed by atoms with van der Waals surface area (Å²) in [5, 5.41) is 16.0. The molecule has 0 fully saturated rings. The lowest BCUT2D eigenvalue weighted by Crippen LogP contribution is -2.07. The highest BCUT2D eigenvalue weighted by Gasteiger charge is 2.08. The molecule has 0 unspecified atom stereocenters. The molecule has 3 aromatic rings. The molecule has 7 nitrogen and oxygen atoms in total. The Morgan fingerprint density at radius 2 is 1.95 bits per heavy atom. The van der Waals surface area contributed by atoms with Crippen molar-refractivity contribution in [3.63, 3.8) is 0 Å². The van der Waals surface area contributed by atoms with Gasteiger partial charge in [0, 0.05) is 12.2 Å². The van der Waals surface area contributed by atoms with E-state index in [1.807, 2.05) is 41.1 Å². The summed E-state index contributed by atoms with van der Waals surface area (Å²) in [6.07, 6.45) is 3.50. The highest BCUT2D eigenvalue weighted by atomic mass is 15.4. The van der Waals surface area contributed by atoms with Gasteiger partial charge in [-0.15, -0.1) is 15.3 Å². The molecule has 0 saturated heterocycles. The molecule has 2 heterocycles. The summed E-state index contributed by atoms with van der Waals surface area (Å²) in [6, 6.07) is 9.92. The summed E-state index contributed by atoms with van der Waals surface area (Å²) in [6.45, 7) is 0.882. The molecule has 7 heteroatoms. The lowest BCUT2D eigenvalue weighted by molar-refractivity contribution is 0.616. The van der Waals surface area contributed by atoms with Gasteiger partial charge in [-0.25, -0.2) is 4.68 Å². The van der Waals surface area contributed by atoms with Crippen LogP contribution in [0.15, 0.2) is 42.9 Å². The van der Waals surface area contributed by atoms with Gasteiger partial charge in [0.25, 0.3) is 0 Å². The van der Waals surface area contributed by atoms with Gasteiger partial charge in [0.2, 0.25) is 0 Å². The Labute approximate surface area is 109 Å². The Kier molecular flexibility index (Phi) is 3.03. The minimum atomic E-state index is 0.380. The number of hydrogen-bond acceptors (Lipinski definition) is 5. The van der Waals surface area contributed by atoms with E-state index in [2.05, 4.69) is 20.5 Å². The normalized spacial score (nSPS) is 10.8. The third-order valence-electron chi connectivity index (χ3n) is 2.75. The van der Waals surface area contributed by atoms with Crippen LogP contribution < -0.4 is 5.73 Å². The van der Waals surface area contributed by atoms with Gasteiger partial charge in [0.05, 0.1) is 11.9 Å². The number of benzene rings is 1. The van der Waals surface area contributed by atoms with Crippen molar-refractivity contribution in [1.29, 1.82) is 0 Å². The minimum Gasteiger partial charge on any atom is -0.325 e. The summed E-state index contributed by atoms with van der Waals surface area (Å²) < 4.78 is 3.62. The smallest absolute Gasteiger partial charge is 0.159 e. The highest BCUT2D eigenvalue weighted by Crippen LogP contribution is 2.09. The first-order chi connectivity index (χ1) is 9.36. The molecule has 2 aromatic heterocycles. The van der Waals surface area contributed by atoms with E-state index >= 15 is 0 Å². The zero-order chi connectivity index (χ0) is 13.1. The van der Waals surface area contributed by atoms with Crippen LogP contribution in [0.3, 0.4) is 0 Å². The summed E-state index contributed by atoms with van der Waals surface area (Å²) in [5.74, 6) is 0.791. The van der Waals surface area contributed by atoms with E-state index in [9.17, 15) is 0 Å². The zero-order valence-electron chi connectivity index (χ0n) is 10.2. The zero-order valence-corrected chi connectivity index (χ0v) is 10.2. The first-order valence-electron chi connectivity index (χ1n) is 5.90. The molecule has 19 heavy (non-hydrogen) atoms. The maximum Gasteiger partial charge on any atom is 0.159 e. The fraction of sp³-hybridized carbons (Fsp3) is 0.167.